The lowest BCUT2D eigenvalue weighted by Crippen LogP contribution is -2.49. The standard InChI is InChI=1S/C20H22ClN7O3S/c1-2-30-16(29)12-28-17(22-25-26-28)18-23-24-19(32-18)27-10-8-20(9-11-27)7-6-13-14(21)4-3-5-15(13)31-20/h3-5H,2,6-12H2,1H3. The molecule has 1 spiro atoms. The van der Waals surface area contributed by atoms with Gasteiger partial charge in [-0.05, 0) is 42.3 Å². The van der Waals surface area contributed by atoms with Gasteiger partial charge in [-0.1, -0.05) is 29.0 Å². The van der Waals surface area contributed by atoms with Crippen molar-refractivity contribution in [2.75, 3.05) is 24.6 Å². The van der Waals surface area contributed by atoms with Crippen molar-refractivity contribution in [2.45, 2.75) is 44.8 Å². The molecule has 0 radical (unpaired) electrons. The fourth-order valence-corrected chi connectivity index (χ4v) is 5.34. The highest BCUT2D eigenvalue weighted by Gasteiger charge is 2.40. The number of fused-ring (bicyclic) bond motifs is 1. The number of aromatic nitrogens is 6. The minimum atomic E-state index is -0.400. The summed E-state index contributed by atoms with van der Waals surface area (Å²) in [4.78, 5) is 14.0. The van der Waals surface area contributed by atoms with E-state index in [-0.39, 0.29) is 12.1 Å². The minimum absolute atomic E-state index is 0.0693. The number of ether oxygens (including phenoxy) is 2. The Bertz CT molecular complexity index is 1130. The number of halogens is 1. The lowest BCUT2D eigenvalue weighted by molar-refractivity contribution is -0.144. The van der Waals surface area contributed by atoms with Crippen LogP contribution in [0.15, 0.2) is 18.2 Å². The molecule has 2 aliphatic heterocycles. The van der Waals surface area contributed by atoms with Gasteiger partial charge in [-0.15, -0.1) is 15.3 Å². The second-order valence-electron chi connectivity index (χ2n) is 7.84. The van der Waals surface area contributed by atoms with Crippen molar-refractivity contribution in [3.05, 3.63) is 28.8 Å². The summed E-state index contributed by atoms with van der Waals surface area (Å²) in [5.41, 5.74) is 0.947. The summed E-state index contributed by atoms with van der Waals surface area (Å²) in [5, 5.41) is 22.3. The molecule has 2 aliphatic rings. The second kappa shape index (κ2) is 8.62. The number of nitrogens with zero attached hydrogens (tertiary/aromatic N) is 7. The molecule has 12 heteroatoms. The highest BCUT2D eigenvalue weighted by atomic mass is 35.5. The molecule has 3 aromatic rings. The number of rotatable bonds is 5. The topological polar surface area (TPSA) is 108 Å². The van der Waals surface area contributed by atoms with E-state index in [1.807, 2.05) is 18.2 Å². The van der Waals surface area contributed by atoms with Crippen molar-refractivity contribution in [1.82, 2.24) is 30.4 Å². The zero-order chi connectivity index (χ0) is 22.1. The molecule has 2 aromatic heterocycles. The van der Waals surface area contributed by atoms with E-state index >= 15 is 0 Å². The smallest absolute Gasteiger partial charge is 0.327 e. The van der Waals surface area contributed by atoms with Gasteiger partial charge in [-0.2, -0.15) is 0 Å². The first kappa shape index (κ1) is 21.1. The molecule has 0 N–H and O–H groups in total. The first-order valence-corrected chi connectivity index (χ1v) is 11.7. The largest absolute Gasteiger partial charge is 0.487 e. The molecule has 0 aliphatic carbocycles. The number of carbonyl (C=O) groups is 1. The molecule has 0 bridgehead atoms. The van der Waals surface area contributed by atoms with Gasteiger partial charge in [0, 0.05) is 36.5 Å². The molecule has 1 aromatic carbocycles. The number of tetrazole rings is 1. The van der Waals surface area contributed by atoms with Crippen LogP contribution in [0, 0.1) is 0 Å². The molecule has 0 unspecified atom stereocenters. The van der Waals surface area contributed by atoms with Crippen LogP contribution < -0.4 is 9.64 Å². The van der Waals surface area contributed by atoms with Gasteiger partial charge >= 0.3 is 5.97 Å². The molecule has 0 atom stereocenters. The maximum atomic E-state index is 11.8. The van der Waals surface area contributed by atoms with Crippen molar-refractivity contribution >= 4 is 34.0 Å². The van der Waals surface area contributed by atoms with Crippen molar-refractivity contribution in [1.29, 1.82) is 0 Å². The van der Waals surface area contributed by atoms with Crippen LogP contribution in [0.4, 0.5) is 5.13 Å². The van der Waals surface area contributed by atoms with Crippen LogP contribution in [0.5, 0.6) is 5.75 Å². The van der Waals surface area contributed by atoms with Gasteiger partial charge in [-0.3, -0.25) is 4.79 Å². The molecule has 10 nitrogen and oxygen atoms in total. The molecule has 0 amide bonds. The van der Waals surface area contributed by atoms with E-state index < -0.39 is 5.97 Å². The van der Waals surface area contributed by atoms with Crippen LogP contribution in [0.25, 0.3) is 10.8 Å². The molecule has 0 saturated carbocycles. The van der Waals surface area contributed by atoms with Gasteiger partial charge in [-0.25, -0.2) is 4.68 Å². The maximum absolute atomic E-state index is 11.8. The molecule has 32 heavy (non-hydrogen) atoms. The SMILES string of the molecule is CCOC(=O)Cn1nnnc1-c1nnc(N2CCC3(CCc4c(Cl)cccc4O3)CC2)s1. The van der Waals surface area contributed by atoms with Crippen molar-refractivity contribution in [3.63, 3.8) is 0 Å². The second-order valence-corrected chi connectivity index (χ2v) is 9.21. The van der Waals surface area contributed by atoms with E-state index in [0.29, 0.717) is 17.4 Å². The Labute approximate surface area is 193 Å². The van der Waals surface area contributed by atoms with Crippen molar-refractivity contribution in [2.24, 2.45) is 0 Å². The third-order valence-electron chi connectivity index (χ3n) is 5.90. The van der Waals surface area contributed by atoms with E-state index in [2.05, 4.69) is 30.6 Å². The number of hydrogen-bond donors (Lipinski definition) is 0. The summed E-state index contributed by atoms with van der Waals surface area (Å²) in [6.07, 6.45) is 3.69. The number of hydrogen-bond acceptors (Lipinski definition) is 10. The van der Waals surface area contributed by atoms with Crippen LogP contribution in [0.2, 0.25) is 5.02 Å². The first-order chi connectivity index (χ1) is 15.6. The third kappa shape index (κ3) is 4.02. The highest BCUT2D eigenvalue weighted by Crippen LogP contribution is 2.42. The van der Waals surface area contributed by atoms with E-state index in [1.165, 1.54) is 16.0 Å². The number of piperidine rings is 1. The lowest BCUT2D eigenvalue weighted by atomic mass is 9.83. The van der Waals surface area contributed by atoms with Crippen molar-refractivity contribution in [3.8, 4) is 16.6 Å². The van der Waals surface area contributed by atoms with E-state index in [1.54, 1.807) is 6.92 Å². The highest BCUT2D eigenvalue weighted by molar-refractivity contribution is 7.18. The van der Waals surface area contributed by atoms with Gasteiger partial charge in [0.25, 0.3) is 0 Å². The van der Waals surface area contributed by atoms with Crippen LogP contribution in [-0.4, -0.2) is 61.7 Å². The predicted octanol–water partition coefficient (Wildman–Crippen LogP) is 2.77. The Hall–Kier alpha value is -2.79. The Morgan fingerprint density at radius 1 is 1.25 bits per heavy atom. The molecule has 168 valence electrons. The predicted molar refractivity (Wildman–Crippen MR) is 118 cm³/mol. The fraction of sp³-hybridized carbons (Fsp3) is 0.500. The quantitative estimate of drug-likeness (QED) is 0.514. The van der Waals surface area contributed by atoms with Crippen LogP contribution in [0.1, 0.15) is 31.7 Å². The van der Waals surface area contributed by atoms with Crippen LogP contribution >= 0.6 is 22.9 Å². The molecule has 5 rings (SSSR count). The Balaban J connectivity index is 1.26. The van der Waals surface area contributed by atoms with Crippen molar-refractivity contribution < 1.29 is 14.3 Å². The fourth-order valence-electron chi connectivity index (χ4n) is 4.20. The van der Waals surface area contributed by atoms with Gasteiger partial charge in [0.15, 0.2) is 5.01 Å². The molecular formula is C20H22ClN7O3S. The molecule has 1 fully saturated rings. The van der Waals surface area contributed by atoms with Crippen LogP contribution in [0.3, 0.4) is 0 Å². The average Bonchev–Trinajstić information content (AvgIpc) is 3.44. The third-order valence-corrected chi connectivity index (χ3v) is 7.23. The van der Waals surface area contributed by atoms with Crippen LogP contribution in [-0.2, 0) is 22.5 Å². The first-order valence-electron chi connectivity index (χ1n) is 10.5. The number of benzene rings is 1. The Morgan fingerprint density at radius 3 is 2.91 bits per heavy atom. The summed E-state index contributed by atoms with van der Waals surface area (Å²) < 4.78 is 12.8. The Kier molecular flexibility index (Phi) is 5.68. The number of anilines is 1. The summed E-state index contributed by atoms with van der Waals surface area (Å²) in [6, 6.07) is 5.86. The lowest BCUT2D eigenvalue weighted by Gasteiger charge is -2.44. The minimum Gasteiger partial charge on any atom is -0.487 e. The summed E-state index contributed by atoms with van der Waals surface area (Å²) in [7, 11) is 0. The van der Waals surface area contributed by atoms with Gasteiger partial charge in [0.05, 0.1) is 6.61 Å². The van der Waals surface area contributed by atoms with Gasteiger partial charge < -0.3 is 14.4 Å². The van der Waals surface area contributed by atoms with E-state index in [4.69, 9.17) is 21.1 Å². The molecular weight excluding hydrogens is 454 g/mol. The maximum Gasteiger partial charge on any atom is 0.327 e. The summed E-state index contributed by atoms with van der Waals surface area (Å²) >= 11 is 7.74. The van der Waals surface area contributed by atoms with Gasteiger partial charge in [0.2, 0.25) is 11.0 Å². The Morgan fingerprint density at radius 2 is 2.09 bits per heavy atom. The summed E-state index contributed by atoms with van der Waals surface area (Å²) in [6.45, 7) is 3.62. The van der Waals surface area contributed by atoms with Gasteiger partial charge in [0.1, 0.15) is 17.9 Å². The van der Waals surface area contributed by atoms with E-state index in [0.717, 1.165) is 60.2 Å². The number of esters is 1. The monoisotopic (exact) mass is 475 g/mol. The van der Waals surface area contributed by atoms with E-state index in [9.17, 15) is 4.79 Å². The molecule has 1 saturated heterocycles. The zero-order valence-corrected chi connectivity index (χ0v) is 19.1. The molecule has 4 heterocycles. The zero-order valence-electron chi connectivity index (χ0n) is 17.5. The summed E-state index contributed by atoms with van der Waals surface area (Å²) in [5.74, 6) is 0.908. The normalized spacial score (nSPS) is 17.1. The average molecular weight is 476 g/mol. The number of carbonyl (C=O) groups excluding carboxylic acids is 1.